The molecule has 1 heterocycles. The van der Waals surface area contributed by atoms with Crippen LogP contribution in [0.5, 0.6) is 0 Å². The molecule has 1 aliphatic rings. The second-order valence-corrected chi connectivity index (χ2v) is 8.80. The number of hydrogen-bond acceptors (Lipinski definition) is 4. The molecule has 6 heteroatoms. The van der Waals surface area contributed by atoms with E-state index in [0.717, 1.165) is 16.7 Å². The molecule has 0 spiro atoms. The van der Waals surface area contributed by atoms with Gasteiger partial charge in [0.15, 0.2) is 5.82 Å². The van der Waals surface area contributed by atoms with Crippen LogP contribution in [0, 0.1) is 6.92 Å². The number of benzene rings is 3. The number of alkyl carbamates (subject to hydrolysis) is 1. The molecular formula is C29H28ClN3O2. The maximum Gasteiger partial charge on any atom is 0.407 e. The first-order valence-corrected chi connectivity index (χ1v) is 11.6. The van der Waals surface area contributed by atoms with Gasteiger partial charge in [0.1, 0.15) is 6.61 Å². The predicted octanol–water partition coefficient (Wildman–Crippen LogP) is 6.34. The summed E-state index contributed by atoms with van der Waals surface area (Å²) in [5.74, 6) is 0.759. The van der Waals surface area contributed by atoms with Crippen molar-refractivity contribution in [3.05, 3.63) is 107 Å². The van der Waals surface area contributed by atoms with Gasteiger partial charge in [-0.05, 0) is 53.6 Å². The standard InChI is InChI=1S/C29H27N3O2.ClH/c1-19-9-3-4-10-22(19)28-30-16-21(17-31-28)15-20(2)32-29(33)34-18-27-25-13-7-5-11-23(25)24-12-6-8-14-26(24)27;/h3-14,16-17,20,27H,15,18H2,1-2H3,(H,32,33);1H/t20-;/m0./s1. The lowest BCUT2D eigenvalue weighted by Gasteiger charge is -2.17. The van der Waals surface area contributed by atoms with E-state index in [9.17, 15) is 4.79 Å². The Morgan fingerprint density at radius 1 is 0.886 bits per heavy atom. The monoisotopic (exact) mass is 485 g/mol. The molecule has 0 radical (unpaired) electrons. The molecule has 4 aromatic rings. The van der Waals surface area contributed by atoms with E-state index < -0.39 is 6.09 Å². The van der Waals surface area contributed by atoms with Crippen molar-refractivity contribution >= 4 is 18.5 Å². The van der Waals surface area contributed by atoms with Crippen LogP contribution in [-0.2, 0) is 11.2 Å². The molecular weight excluding hydrogens is 458 g/mol. The fourth-order valence-electron chi connectivity index (χ4n) is 4.67. The minimum Gasteiger partial charge on any atom is -0.449 e. The second-order valence-electron chi connectivity index (χ2n) is 8.80. The molecule has 0 bridgehead atoms. The van der Waals surface area contributed by atoms with Crippen LogP contribution in [0.15, 0.2) is 85.2 Å². The van der Waals surface area contributed by atoms with Crippen molar-refractivity contribution in [3.63, 3.8) is 0 Å². The minimum absolute atomic E-state index is 0. The van der Waals surface area contributed by atoms with Crippen LogP contribution in [0.1, 0.15) is 35.1 Å². The van der Waals surface area contributed by atoms with Crippen LogP contribution >= 0.6 is 12.4 Å². The molecule has 0 unspecified atom stereocenters. The Balaban J connectivity index is 0.00000289. The van der Waals surface area contributed by atoms with Gasteiger partial charge in [-0.15, -0.1) is 12.4 Å². The van der Waals surface area contributed by atoms with Gasteiger partial charge in [0.25, 0.3) is 0 Å². The lowest BCUT2D eigenvalue weighted by molar-refractivity contribution is 0.139. The normalized spacial score (nSPS) is 12.7. The van der Waals surface area contributed by atoms with Gasteiger partial charge >= 0.3 is 6.09 Å². The summed E-state index contributed by atoms with van der Waals surface area (Å²) in [6.45, 7) is 4.31. The van der Waals surface area contributed by atoms with E-state index in [2.05, 4.69) is 39.6 Å². The molecule has 1 N–H and O–H groups in total. The fraction of sp³-hybridized carbons (Fsp3) is 0.207. The molecule has 178 valence electrons. The number of halogens is 1. The number of rotatable bonds is 6. The summed E-state index contributed by atoms with van der Waals surface area (Å²) < 4.78 is 5.66. The zero-order valence-corrected chi connectivity index (χ0v) is 20.6. The van der Waals surface area contributed by atoms with Gasteiger partial charge in [0, 0.05) is 29.9 Å². The largest absolute Gasteiger partial charge is 0.449 e. The first kappa shape index (κ1) is 24.4. The smallest absolute Gasteiger partial charge is 0.407 e. The van der Waals surface area contributed by atoms with E-state index in [1.807, 2.05) is 74.8 Å². The van der Waals surface area contributed by atoms with Crippen LogP contribution < -0.4 is 5.32 Å². The lowest BCUT2D eigenvalue weighted by Crippen LogP contribution is -2.35. The van der Waals surface area contributed by atoms with Gasteiger partial charge < -0.3 is 10.1 Å². The Bertz CT molecular complexity index is 1280. The number of ether oxygens (including phenoxy) is 1. The number of nitrogens with one attached hydrogen (secondary N) is 1. The summed E-state index contributed by atoms with van der Waals surface area (Å²) in [6.07, 6.45) is 3.86. The molecule has 0 saturated carbocycles. The molecule has 1 aromatic heterocycles. The summed E-state index contributed by atoms with van der Waals surface area (Å²) in [5.41, 5.74) is 7.97. The van der Waals surface area contributed by atoms with E-state index in [-0.39, 0.29) is 24.4 Å². The van der Waals surface area contributed by atoms with Gasteiger partial charge in [-0.2, -0.15) is 0 Å². The van der Waals surface area contributed by atoms with Gasteiger partial charge in [-0.25, -0.2) is 14.8 Å². The molecule has 35 heavy (non-hydrogen) atoms. The molecule has 1 aliphatic carbocycles. The highest BCUT2D eigenvalue weighted by atomic mass is 35.5. The Hall–Kier alpha value is -3.70. The zero-order chi connectivity index (χ0) is 23.5. The number of aryl methyl sites for hydroxylation is 1. The predicted molar refractivity (Wildman–Crippen MR) is 141 cm³/mol. The molecule has 0 aliphatic heterocycles. The maximum atomic E-state index is 12.5. The summed E-state index contributed by atoms with van der Waals surface area (Å²) in [7, 11) is 0. The average Bonchev–Trinajstić information content (AvgIpc) is 3.17. The Morgan fingerprint density at radius 3 is 2.03 bits per heavy atom. The van der Waals surface area contributed by atoms with E-state index in [1.54, 1.807) is 0 Å². The van der Waals surface area contributed by atoms with E-state index in [1.165, 1.54) is 22.3 Å². The third kappa shape index (κ3) is 5.20. The van der Waals surface area contributed by atoms with Gasteiger partial charge in [-0.3, -0.25) is 0 Å². The number of aromatic nitrogens is 2. The minimum atomic E-state index is -0.410. The van der Waals surface area contributed by atoms with E-state index in [0.29, 0.717) is 18.9 Å². The van der Waals surface area contributed by atoms with Crippen molar-refractivity contribution in [2.24, 2.45) is 0 Å². The molecule has 1 atom stereocenters. The maximum absolute atomic E-state index is 12.5. The summed E-state index contributed by atoms with van der Waals surface area (Å²) in [5, 5.41) is 2.94. The highest BCUT2D eigenvalue weighted by Crippen LogP contribution is 2.44. The van der Waals surface area contributed by atoms with Crippen molar-refractivity contribution in [2.45, 2.75) is 32.2 Å². The van der Waals surface area contributed by atoms with Gasteiger partial charge in [0.05, 0.1) is 0 Å². The first-order chi connectivity index (χ1) is 16.6. The van der Waals surface area contributed by atoms with Gasteiger partial charge in [0.2, 0.25) is 0 Å². The molecule has 3 aromatic carbocycles. The number of nitrogens with zero attached hydrogens (tertiary/aromatic N) is 2. The van der Waals surface area contributed by atoms with Crippen molar-refractivity contribution in [1.29, 1.82) is 0 Å². The molecule has 1 amide bonds. The van der Waals surface area contributed by atoms with Gasteiger partial charge in [-0.1, -0.05) is 72.8 Å². The molecule has 5 rings (SSSR count). The van der Waals surface area contributed by atoms with Crippen molar-refractivity contribution in [2.75, 3.05) is 6.61 Å². The summed E-state index contributed by atoms with van der Waals surface area (Å²) in [4.78, 5) is 21.6. The second kappa shape index (κ2) is 10.7. The zero-order valence-electron chi connectivity index (χ0n) is 19.8. The third-order valence-electron chi connectivity index (χ3n) is 6.34. The van der Waals surface area contributed by atoms with Crippen molar-refractivity contribution in [3.8, 4) is 22.5 Å². The number of carbonyl (C=O) groups is 1. The van der Waals surface area contributed by atoms with Crippen LogP contribution in [0.3, 0.4) is 0 Å². The molecule has 0 saturated heterocycles. The quantitative estimate of drug-likeness (QED) is 0.346. The lowest BCUT2D eigenvalue weighted by atomic mass is 9.98. The summed E-state index contributed by atoms with van der Waals surface area (Å²) >= 11 is 0. The van der Waals surface area contributed by atoms with Crippen LogP contribution in [0.2, 0.25) is 0 Å². The van der Waals surface area contributed by atoms with Crippen LogP contribution in [0.4, 0.5) is 4.79 Å². The van der Waals surface area contributed by atoms with E-state index >= 15 is 0 Å². The van der Waals surface area contributed by atoms with E-state index in [4.69, 9.17) is 4.74 Å². The highest BCUT2D eigenvalue weighted by molar-refractivity contribution is 5.85. The Labute approximate surface area is 212 Å². The van der Waals surface area contributed by atoms with Crippen LogP contribution in [0.25, 0.3) is 22.5 Å². The number of carbonyl (C=O) groups excluding carboxylic acids is 1. The topological polar surface area (TPSA) is 64.1 Å². The fourth-order valence-corrected chi connectivity index (χ4v) is 4.67. The van der Waals surface area contributed by atoms with Crippen molar-refractivity contribution < 1.29 is 9.53 Å². The molecule has 0 fully saturated rings. The average molecular weight is 486 g/mol. The molecule has 5 nitrogen and oxygen atoms in total. The summed E-state index contributed by atoms with van der Waals surface area (Å²) in [6, 6.07) is 24.6. The van der Waals surface area contributed by atoms with Crippen LogP contribution in [-0.4, -0.2) is 28.7 Å². The SMILES string of the molecule is Cc1ccccc1-c1ncc(C[C@H](C)NC(=O)OCC2c3ccccc3-c3ccccc32)cn1.Cl. The third-order valence-corrected chi connectivity index (χ3v) is 6.34. The Morgan fingerprint density at radius 2 is 1.43 bits per heavy atom. The first-order valence-electron chi connectivity index (χ1n) is 11.6. The number of hydrogen-bond donors (Lipinski definition) is 1. The number of amides is 1. The highest BCUT2D eigenvalue weighted by Gasteiger charge is 2.29. The number of fused-ring (bicyclic) bond motifs is 3. The van der Waals surface area contributed by atoms with Crippen molar-refractivity contribution in [1.82, 2.24) is 15.3 Å². The Kier molecular flexibility index (Phi) is 7.47.